The number of para-hydroxylation sites is 2. The summed E-state index contributed by atoms with van der Waals surface area (Å²) in [6, 6.07) is 14.0. The summed E-state index contributed by atoms with van der Waals surface area (Å²) in [7, 11) is 1.56. The van der Waals surface area contributed by atoms with Gasteiger partial charge in [0.05, 0.1) is 7.11 Å². The third-order valence-corrected chi connectivity index (χ3v) is 3.41. The highest BCUT2D eigenvalue weighted by molar-refractivity contribution is 5.88. The van der Waals surface area contributed by atoms with E-state index in [2.05, 4.69) is 10.5 Å². The van der Waals surface area contributed by atoms with E-state index in [1.807, 2.05) is 12.1 Å². The molecule has 8 nitrogen and oxygen atoms in total. The molecule has 0 saturated heterocycles. The van der Waals surface area contributed by atoms with Crippen LogP contribution in [0.15, 0.2) is 53.7 Å². The van der Waals surface area contributed by atoms with Crippen LogP contribution in [-0.2, 0) is 4.84 Å². The SMILES string of the molecule is COc1ccc(NC(=O)O/N=C(/N)C2COc3ccccc3O2)cc1. The van der Waals surface area contributed by atoms with Crippen molar-refractivity contribution in [3.8, 4) is 17.2 Å². The fourth-order valence-electron chi connectivity index (χ4n) is 2.13. The van der Waals surface area contributed by atoms with Crippen molar-refractivity contribution in [2.45, 2.75) is 6.10 Å². The molecule has 1 aliphatic heterocycles. The molecule has 3 rings (SSSR count). The van der Waals surface area contributed by atoms with Crippen LogP contribution in [0.1, 0.15) is 0 Å². The van der Waals surface area contributed by atoms with Gasteiger partial charge in [-0.1, -0.05) is 17.3 Å². The second kappa shape index (κ2) is 7.43. The minimum atomic E-state index is -0.773. The molecule has 0 aliphatic carbocycles. The normalized spacial score (nSPS) is 16.0. The van der Waals surface area contributed by atoms with E-state index in [0.717, 1.165) is 0 Å². The summed E-state index contributed by atoms with van der Waals surface area (Å²) < 4.78 is 16.2. The van der Waals surface area contributed by atoms with E-state index in [1.54, 1.807) is 43.5 Å². The summed E-state index contributed by atoms with van der Waals surface area (Å²) in [5, 5.41) is 6.12. The van der Waals surface area contributed by atoms with Crippen molar-refractivity contribution in [2.75, 3.05) is 19.0 Å². The van der Waals surface area contributed by atoms with Crippen LogP contribution >= 0.6 is 0 Å². The molecule has 0 fully saturated rings. The highest BCUT2D eigenvalue weighted by atomic mass is 16.7. The molecule has 25 heavy (non-hydrogen) atoms. The number of ether oxygens (including phenoxy) is 3. The molecule has 0 bridgehead atoms. The van der Waals surface area contributed by atoms with Crippen molar-refractivity contribution in [1.29, 1.82) is 0 Å². The molecule has 1 unspecified atom stereocenters. The lowest BCUT2D eigenvalue weighted by molar-refractivity contribution is 0.127. The third-order valence-electron chi connectivity index (χ3n) is 3.41. The van der Waals surface area contributed by atoms with Crippen LogP contribution in [0.25, 0.3) is 0 Å². The molecule has 1 atom stereocenters. The smallest absolute Gasteiger partial charge is 0.437 e. The number of anilines is 1. The van der Waals surface area contributed by atoms with Gasteiger partial charge in [0.25, 0.3) is 0 Å². The Morgan fingerprint density at radius 3 is 2.64 bits per heavy atom. The van der Waals surface area contributed by atoms with Crippen molar-refractivity contribution in [2.24, 2.45) is 10.9 Å². The number of carbonyl (C=O) groups is 1. The van der Waals surface area contributed by atoms with Gasteiger partial charge in [-0.2, -0.15) is 0 Å². The van der Waals surface area contributed by atoms with Crippen LogP contribution in [-0.4, -0.2) is 31.7 Å². The van der Waals surface area contributed by atoms with Gasteiger partial charge in [-0.25, -0.2) is 4.79 Å². The minimum absolute atomic E-state index is 0.000570. The van der Waals surface area contributed by atoms with Crippen LogP contribution in [0.2, 0.25) is 0 Å². The van der Waals surface area contributed by atoms with Crippen molar-refractivity contribution in [3.05, 3.63) is 48.5 Å². The number of hydrogen-bond acceptors (Lipinski definition) is 6. The monoisotopic (exact) mass is 343 g/mol. The molecule has 8 heteroatoms. The van der Waals surface area contributed by atoms with Gasteiger partial charge in [-0.3, -0.25) is 10.2 Å². The quantitative estimate of drug-likeness (QED) is 0.382. The van der Waals surface area contributed by atoms with E-state index in [-0.39, 0.29) is 12.4 Å². The Labute approximate surface area is 144 Å². The van der Waals surface area contributed by atoms with Gasteiger partial charge in [0, 0.05) is 5.69 Å². The van der Waals surface area contributed by atoms with E-state index in [1.165, 1.54) is 0 Å². The fraction of sp³-hybridized carbons (Fsp3) is 0.176. The van der Waals surface area contributed by atoms with Crippen LogP contribution in [0, 0.1) is 0 Å². The maximum absolute atomic E-state index is 11.8. The number of amidine groups is 1. The highest BCUT2D eigenvalue weighted by Gasteiger charge is 2.24. The van der Waals surface area contributed by atoms with Crippen LogP contribution in [0.3, 0.4) is 0 Å². The Hall–Kier alpha value is -3.42. The second-order valence-corrected chi connectivity index (χ2v) is 5.11. The minimum Gasteiger partial charge on any atom is -0.497 e. The van der Waals surface area contributed by atoms with E-state index in [0.29, 0.717) is 22.9 Å². The first-order chi connectivity index (χ1) is 12.2. The Kier molecular flexibility index (Phi) is 4.89. The maximum Gasteiger partial charge on any atom is 0.437 e. The van der Waals surface area contributed by atoms with Gasteiger partial charge in [0.15, 0.2) is 23.4 Å². The first kappa shape index (κ1) is 16.4. The molecule has 2 aromatic carbocycles. The van der Waals surface area contributed by atoms with Crippen LogP contribution in [0.4, 0.5) is 10.5 Å². The van der Waals surface area contributed by atoms with Crippen molar-refractivity contribution in [1.82, 2.24) is 0 Å². The number of hydrogen-bond donors (Lipinski definition) is 2. The summed E-state index contributed by atoms with van der Waals surface area (Å²) in [6.07, 6.45) is -1.41. The third kappa shape index (κ3) is 4.11. The number of nitrogens with two attached hydrogens (primary N) is 1. The number of rotatable bonds is 4. The molecule has 1 aliphatic rings. The molecular formula is C17H17N3O5. The van der Waals surface area contributed by atoms with Crippen LogP contribution < -0.4 is 25.3 Å². The van der Waals surface area contributed by atoms with Gasteiger partial charge >= 0.3 is 6.09 Å². The van der Waals surface area contributed by atoms with Gasteiger partial charge < -0.3 is 19.9 Å². The molecule has 0 radical (unpaired) electrons. The Bertz CT molecular complexity index is 776. The number of fused-ring (bicyclic) bond motifs is 1. The number of amides is 1. The zero-order valence-corrected chi connectivity index (χ0v) is 13.5. The van der Waals surface area contributed by atoms with E-state index >= 15 is 0 Å². The average Bonchev–Trinajstić information content (AvgIpc) is 2.66. The first-order valence-electron chi connectivity index (χ1n) is 7.49. The summed E-state index contributed by atoms with van der Waals surface area (Å²) >= 11 is 0. The molecule has 0 aromatic heterocycles. The Morgan fingerprint density at radius 1 is 1.20 bits per heavy atom. The molecule has 0 saturated carbocycles. The van der Waals surface area contributed by atoms with Gasteiger partial charge in [0.2, 0.25) is 0 Å². The molecule has 1 amide bonds. The summed E-state index contributed by atoms with van der Waals surface area (Å²) in [6.45, 7) is 0.176. The van der Waals surface area contributed by atoms with Crippen LogP contribution in [0.5, 0.6) is 17.2 Å². The van der Waals surface area contributed by atoms with Gasteiger partial charge in [-0.15, -0.1) is 0 Å². The lowest BCUT2D eigenvalue weighted by Crippen LogP contribution is -2.41. The molecule has 130 valence electrons. The Morgan fingerprint density at radius 2 is 1.92 bits per heavy atom. The maximum atomic E-state index is 11.8. The van der Waals surface area contributed by atoms with E-state index in [4.69, 9.17) is 24.8 Å². The number of nitrogens with zero attached hydrogens (tertiary/aromatic N) is 1. The lowest BCUT2D eigenvalue weighted by Gasteiger charge is -2.25. The Balaban J connectivity index is 1.55. The van der Waals surface area contributed by atoms with E-state index in [9.17, 15) is 4.79 Å². The zero-order chi connectivity index (χ0) is 17.6. The van der Waals surface area contributed by atoms with Crippen molar-refractivity contribution >= 4 is 17.6 Å². The van der Waals surface area contributed by atoms with Crippen molar-refractivity contribution in [3.63, 3.8) is 0 Å². The standard InChI is InChI=1S/C17H17N3O5/c1-22-12-8-6-11(7-9-12)19-17(21)25-20-16(18)15-10-23-13-4-2-3-5-14(13)24-15/h2-9,15H,10H2,1H3,(H2,18,20)(H,19,21). The average molecular weight is 343 g/mol. The molecule has 1 heterocycles. The number of nitrogens with one attached hydrogen (secondary N) is 1. The van der Waals surface area contributed by atoms with E-state index < -0.39 is 12.2 Å². The number of oxime groups is 1. The fourth-order valence-corrected chi connectivity index (χ4v) is 2.13. The first-order valence-corrected chi connectivity index (χ1v) is 7.49. The largest absolute Gasteiger partial charge is 0.497 e. The van der Waals surface area contributed by atoms with Gasteiger partial charge in [0.1, 0.15) is 12.4 Å². The number of carbonyl (C=O) groups excluding carboxylic acids is 1. The molecular weight excluding hydrogens is 326 g/mol. The summed E-state index contributed by atoms with van der Waals surface area (Å²) in [4.78, 5) is 16.5. The lowest BCUT2D eigenvalue weighted by atomic mass is 10.2. The zero-order valence-electron chi connectivity index (χ0n) is 13.5. The summed E-state index contributed by atoms with van der Waals surface area (Å²) in [5.41, 5.74) is 6.34. The van der Waals surface area contributed by atoms with Gasteiger partial charge in [-0.05, 0) is 36.4 Å². The topological polar surface area (TPSA) is 104 Å². The summed E-state index contributed by atoms with van der Waals surface area (Å²) in [5.74, 6) is 1.86. The number of methoxy groups -OCH3 is 1. The predicted molar refractivity (Wildman–Crippen MR) is 91.1 cm³/mol. The molecule has 0 spiro atoms. The highest BCUT2D eigenvalue weighted by Crippen LogP contribution is 2.30. The second-order valence-electron chi connectivity index (χ2n) is 5.11. The molecule has 3 N–H and O–H groups in total. The van der Waals surface area contributed by atoms with Crippen molar-refractivity contribution < 1.29 is 23.8 Å². The molecule has 2 aromatic rings. The number of benzene rings is 2. The predicted octanol–water partition coefficient (Wildman–Crippen LogP) is 2.36.